The molecule has 0 aromatic rings. The van der Waals surface area contributed by atoms with Gasteiger partial charge in [-0.25, -0.2) is 4.57 Å². The molecule has 0 spiro atoms. The van der Waals surface area contributed by atoms with Gasteiger partial charge in [0.2, 0.25) is 0 Å². The number of hydrogen-bond acceptors (Lipinski definition) is 9. The third kappa shape index (κ3) is 33.1. The maximum absolute atomic E-state index is 12.5. The molecule has 4 N–H and O–H groups in total. The highest BCUT2D eigenvalue weighted by atomic mass is 31.2. The Morgan fingerprint density at radius 1 is 0.600 bits per heavy atom. The average molecular weight is 732 g/mol. The second-order valence-electron chi connectivity index (χ2n) is 13.1. The van der Waals surface area contributed by atoms with E-state index in [9.17, 15) is 23.8 Å². The van der Waals surface area contributed by atoms with Gasteiger partial charge < -0.3 is 25.2 Å². The predicted molar refractivity (Wildman–Crippen MR) is 199 cm³/mol. The Morgan fingerprint density at radius 3 is 1.56 bits per heavy atom. The minimum absolute atomic E-state index is 0.148. The summed E-state index contributed by atoms with van der Waals surface area (Å²) in [6.07, 6.45) is 32.6. The van der Waals surface area contributed by atoms with Crippen LogP contribution in [0.5, 0.6) is 0 Å². The highest BCUT2D eigenvalue weighted by Crippen LogP contribution is 2.43. The van der Waals surface area contributed by atoms with E-state index in [-0.39, 0.29) is 19.4 Å². The summed E-state index contributed by atoms with van der Waals surface area (Å²) in [7, 11) is -4.71. The lowest BCUT2D eigenvalue weighted by molar-refractivity contribution is -0.161. The molecule has 0 aliphatic rings. The molecule has 0 aromatic carbocycles. The molecule has 0 aliphatic carbocycles. The number of phosphoric ester groups is 1. The number of carboxylic acid groups (broad SMARTS) is 1. The third-order valence-electron chi connectivity index (χ3n) is 8.17. The predicted octanol–water partition coefficient (Wildman–Crippen LogP) is 9.50. The first-order valence-electron chi connectivity index (χ1n) is 19.4. The number of nitrogens with two attached hydrogens (primary N) is 1. The van der Waals surface area contributed by atoms with E-state index in [1.54, 1.807) is 0 Å². The molecule has 11 nitrogen and oxygen atoms in total. The molecule has 50 heavy (non-hydrogen) atoms. The Labute approximate surface area is 302 Å². The number of carbonyl (C=O) groups is 3. The largest absolute Gasteiger partial charge is 0.480 e. The van der Waals surface area contributed by atoms with Crippen molar-refractivity contribution in [3.63, 3.8) is 0 Å². The molecule has 0 aromatic heterocycles. The van der Waals surface area contributed by atoms with Crippen molar-refractivity contribution in [2.24, 2.45) is 5.73 Å². The van der Waals surface area contributed by atoms with Crippen LogP contribution in [0.3, 0.4) is 0 Å². The van der Waals surface area contributed by atoms with Gasteiger partial charge in [0.15, 0.2) is 6.10 Å². The smallest absolute Gasteiger partial charge is 0.472 e. The van der Waals surface area contributed by atoms with E-state index in [1.165, 1.54) is 70.6 Å². The van der Waals surface area contributed by atoms with Crippen LogP contribution < -0.4 is 5.73 Å². The van der Waals surface area contributed by atoms with Gasteiger partial charge in [-0.15, -0.1) is 0 Å². The highest BCUT2D eigenvalue weighted by molar-refractivity contribution is 7.47. The average Bonchev–Trinajstić information content (AvgIpc) is 3.09. The fourth-order valence-corrected chi connectivity index (χ4v) is 5.82. The van der Waals surface area contributed by atoms with Gasteiger partial charge in [0.25, 0.3) is 0 Å². The normalized spacial score (nSPS) is 14.2. The Bertz CT molecular complexity index is 958. The lowest BCUT2D eigenvalue weighted by Gasteiger charge is -2.20. The van der Waals surface area contributed by atoms with Crippen molar-refractivity contribution in [3.8, 4) is 0 Å². The summed E-state index contributed by atoms with van der Waals surface area (Å²) in [4.78, 5) is 45.7. The first kappa shape index (κ1) is 48.0. The molecule has 0 fully saturated rings. The highest BCUT2D eigenvalue weighted by Gasteiger charge is 2.28. The van der Waals surface area contributed by atoms with Crippen molar-refractivity contribution in [1.29, 1.82) is 0 Å². The van der Waals surface area contributed by atoms with Crippen LogP contribution in [0.4, 0.5) is 0 Å². The fourth-order valence-electron chi connectivity index (χ4n) is 5.04. The van der Waals surface area contributed by atoms with Crippen LogP contribution in [0.15, 0.2) is 24.3 Å². The second kappa shape index (κ2) is 34.1. The zero-order chi connectivity index (χ0) is 37.1. The molecule has 0 saturated carbocycles. The molecule has 0 rings (SSSR count). The number of allylic oxidation sites excluding steroid dienone is 4. The van der Waals surface area contributed by atoms with E-state index < -0.39 is 51.1 Å². The zero-order valence-electron chi connectivity index (χ0n) is 31.2. The Hall–Kier alpha value is -2.04. The summed E-state index contributed by atoms with van der Waals surface area (Å²) >= 11 is 0. The maximum Gasteiger partial charge on any atom is 0.472 e. The monoisotopic (exact) mass is 731 g/mol. The number of hydrogen-bond donors (Lipinski definition) is 3. The quantitative estimate of drug-likeness (QED) is 0.0242. The van der Waals surface area contributed by atoms with Gasteiger partial charge in [-0.05, 0) is 57.8 Å². The molecule has 0 aliphatic heterocycles. The fraction of sp³-hybridized carbons (Fsp3) is 0.816. The van der Waals surface area contributed by atoms with E-state index in [1.807, 2.05) is 0 Å². The maximum atomic E-state index is 12.5. The van der Waals surface area contributed by atoms with Gasteiger partial charge >= 0.3 is 25.7 Å². The van der Waals surface area contributed by atoms with E-state index in [0.717, 1.165) is 57.8 Å². The summed E-state index contributed by atoms with van der Waals surface area (Å²) in [5.74, 6) is -2.42. The number of aliphatic carboxylic acids is 1. The van der Waals surface area contributed by atoms with Crippen molar-refractivity contribution in [1.82, 2.24) is 0 Å². The van der Waals surface area contributed by atoms with Crippen LogP contribution in [-0.2, 0) is 37.5 Å². The molecule has 3 atom stereocenters. The Balaban J connectivity index is 4.45. The van der Waals surface area contributed by atoms with Crippen molar-refractivity contribution in [3.05, 3.63) is 24.3 Å². The van der Waals surface area contributed by atoms with Crippen molar-refractivity contribution in [2.45, 2.75) is 180 Å². The van der Waals surface area contributed by atoms with Crippen LogP contribution >= 0.6 is 7.82 Å². The minimum Gasteiger partial charge on any atom is -0.480 e. The van der Waals surface area contributed by atoms with Crippen LogP contribution in [0.25, 0.3) is 0 Å². The molecular weight excluding hydrogens is 661 g/mol. The van der Waals surface area contributed by atoms with Crippen molar-refractivity contribution in [2.75, 3.05) is 19.8 Å². The van der Waals surface area contributed by atoms with Gasteiger partial charge in [-0.1, -0.05) is 122 Å². The number of carbonyl (C=O) groups excluding carboxylic acids is 2. The molecule has 292 valence electrons. The summed E-state index contributed by atoms with van der Waals surface area (Å²) in [6, 6.07) is -1.52. The molecule has 0 bridgehead atoms. The number of phosphoric acid groups is 1. The van der Waals surface area contributed by atoms with E-state index in [2.05, 4.69) is 42.7 Å². The lowest BCUT2D eigenvalue weighted by Crippen LogP contribution is -2.34. The van der Waals surface area contributed by atoms with Crippen molar-refractivity contribution < 1.29 is 47.5 Å². The number of esters is 2. The van der Waals surface area contributed by atoms with Crippen molar-refractivity contribution >= 4 is 25.7 Å². The summed E-state index contributed by atoms with van der Waals surface area (Å²) in [5.41, 5.74) is 5.31. The standard InChI is InChI=1S/C38H70NO10P/c1-3-5-7-9-11-13-15-16-17-18-20-21-23-25-27-29-36(40)46-31-34(32-47-50(44,45)48-33-35(39)38(42)43)49-37(41)30-28-26-24-22-19-14-12-10-8-6-4-2/h10,12,20-21,34-35H,3-9,11,13-19,22-33,39H2,1-2H3,(H,42,43)(H,44,45)/b12-10+,21-20+/t34-,35+/m1/s1. The van der Waals surface area contributed by atoms with E-state index in [4.69, 9.17) is 24.8 Å². The van der Waals surface area contributed by atoms with Gasteiger partial charge in [0, 0.05) is 12.8 Å². The van der Waals surface area contributed by atoms with Gasteiger partial charge in [0.05, 0.1) is 13.2 Å². The second-order valence-corrected chi connectivity index (χ2v) is 14.5. The summed E-state index contributed by atoms with van der Waals surface area (Å²) < 4.78 is 32.5. The SMILES string of the molecule is CCCC/C=C/CCCCCCCC(=O)O[C@H](COC(=O)CCCC/C=C/CCCCCCCCCCC)COP(=O)(O)OC[C@H](N)C(=O)O. The third-order valence-corrected chi connectivity index (χ3v) is 9.12. The summed E-state index contributed by atoms with van der Waals surface area (Å²) in [5, 5.41) is 8.85. The van der Waals surface area contributed by atoms with Gasteiger partial charge in [-0.3, -0.25) is 23.4 Å². The summed E-state index contributed by atoms with van der Waals surface area (Å²) in [6.45, 7) is 2.71. The molecule has 1 unspecified atom stereocenters. The molecule has 0 radical (unpaired) electrons. The molecule has 0 saturated heterocycles. The number of carboxylic acids is 1. The first-order chi connectivity index (χ1) is 24.1. The van der Waals surface area contributed by atoms with Crippen LogP contribution in [0, 0.1) is 0 Å². The molecule has 0 heterocycles. The Kier molecular flexibility index (Phi) is 32.7. The first-order valence-corrected chi connectivity index (χ1v) is 20.9. The number of rotatable bonds is 36. The topological polar surface area (TPSA) is 172 Å². The minimum atomic E-state index is -4.71. The molecule has 0 amide bonds. The van der Waals surface area contributed by atoms with Gasteiger partial charge in [-0.2, -0.15) is 0 Å². The van der Waals surface area contributed by atoms with Crippen LogP contribution in [-0.4, -0.2) is 59.9 Å². The molecular formula is C38H70NO10P. The van der Waals surface area contributed by atoms with Gasteiger partial charge in [0.1, 0.15) is 12.6 Å². The van der Waals surface area contributed by atoms with Crippen LogP contribution in [0.1, 0.15) is 168 Å². The van der Waals surface area contributed by atoms with Crippen LogP contribution in [0.2, 0.25) is 0 Å². The Morgan fingerprint density at radius 2 is 1.02 bits per heavy atom. The van der Waals surface area contributed by atoms with E-state index >= 15 is 0 Å². The molecule has 12 heteroatoms. The lowest BCUT2D eigenvalue weighted by atomic mass is 10.1. The number of unbranched alkanes of at least 4 members (excludes halogenated alkanes) is 18. The van der Waals surface area contributed by atoms with E-state index in [0.29, 0.717) is 12.8 Å². The number of ether oxygens (including phenoxy) is 2. The zero-order valence-corrected chi connectivity index (χ0v) is 32.1.